The van der Waals surface area contributed by atoms with Crippen molar-refractivity contribution in [3.63, 3.8) is 0 Å². The van der Waals surface area contributed by atoms with Gasteiger partial charge in [0.05, 0.1) is 12.7 Å². The number of hydrogen-bond donors (Lipinski definition) is 2. The van der Waals surface area contributed by atoms with Crippen LogP contribution in [0.15, 0.2) is 24.3 Å². The number of carbonyl (C=O) groups is 1. The first-order chi connectivity index (χ1) is 10.1. The van der Waals surface area contributed by atoms with Gasteiger partial charge in [0, 0.05) is 13.1 Å². The van der Waals surface area contributed by atoms with E-state index in [1.165, 1.54) is 12.1 Å². The van der Waals surface area contributed by atoms with Crippen LogP contribution in [0.2, 0.25) is 0 Å². The highest BCUT2D eigenvalue weighted by Gasteiger charge is 2.27. The molecule has 2 rings (SSSR count). The number of halogens is 3. The number of carbonyl (C=O) groups excluding carboxylic acids is 1. The van der Waals surface area contributed by atoms with Crippen LogP contribution in [0, 0.1) is 0 Å². The van der Waals surface area contributed by atoms with Crippen LogP contribution in [-0.2, 0) is 16.1 Å². The molecule has 1 aliphatic rings. The van der Waals surface area contributed by atoms with E-state index in [4.69, 9.17) is 4.74 Å². The average Bonchev–Trinajstić information content (AvgIpc) is 2.45. The van der Waals surface area contributed by atoms with Gasteiger partial charge < -0.3 is 20.1 Å². The zero-order chi connectivity index (χ0) is 15.2. The molecule has 1 aromatic carbocycles. The Labute approximate surface area is 133 Å². The quantitative estimate of drug-likeness (QED) is 0.859. The van der Waals surface area contributed by atoms with Gasteiger partial charge in [-0.2, -0.15) is 8.78 Å². The number of morpholine rings is 1. The van der Waals surface area contributed by atoms with Crippen LogP contribution in [0.4, 0.5) is 8.78 Å². The van der Waals surface area contributed by atoms with Gasteiger partial charge in [-0.05, 0) is 24.6 Å². The average molecular weight is 337 g/mol. The summed E-state index contributed by atoms with van der Waals surface area (Å²) in [4.78, 5) is 12.0. The maximum Gasteiger partial charge on any atom is 0.387 e. The Kier molecular flexibility index (Phi) is 7.50. The highest BCUT2D eigenvalue weighted by Crippen LogP contribution is 2.16. The van der Waals surface area contributed by atoms with Crippen molar-refractivity contribution in [1.82, 2.24) is 10.6 Å². The monoisotopic (exact) mass is 336 g/mol. The molecule has 1 fully saturated rings. The summed E-state index contributed by atoms with van der Waals surface area (Å²) in [5.74, 6) is -0.105. The summed E-state index contributed by atoms with van der Waals surface area (Å²) in [6.45, 7) is 0.412. The van der Waals surface area contributed by atoms with Gasteiger partial charge in [0.1, 0.15) is 11.8 Å². The third-order valence-corrected chi connectivity index (χ3v) is 3.19. The smallest absolute Gasteiger partial charge is 0.387 e. The minimum absolute atomic E-state index is 0. The maximum absolute atomic E-state index is 12.1. The lowest BCUT2D eigenvalue weighted by Gasteiger charge is -2.29. The molecule has 1 amide bonds. The molecule has 0 unspecified atom stereocenters. The van der Waals surface area contributed by atoms with E-state index in [9.17, 15) is 13.6 Å². The summed E-state index contributed by atoms with van der Waals surface area (Å²) in [7, 11) is 0. The van der Waals surface area contributed by atoms with E-state index in [1.54, 1.807) is 12.1 Å². The Morgan fingerprint density at radius 1 is 1.55 bits per heavy atom. The molecule has 0 bridgehead atoms. The van der Waals surface area contributed by atoms with E-state index in [0.29, 0.717) is 18.7 Å². The summed E-state index contributed by atoms with van der Waals surface area (Å²) >= 11 is 0. The first kappa shape index (κ1) is 18.6. The van der Waals surface area contributed by atoms with E-state index >= 15 is 0 Å². The number of alkyl halides is 2. The van der Waals surface area contributed by atoms with Gasteiger partial charge in [0.2, 0.25) is 5.91 Å². The van der Waals surface area contributed by atoms with Crippen LogP contribution in [0.5, 0.6) is 5.75 Å². The van der Waals surface area contributed by atoms with Crippen molar-refractivity contribution in [3.8, 4) is 5.75 Å². The first-order valence-electron chi connectivity index (χ1n) is 6.72. The van der Waals surface area contributed by atoms with Crippen molar-refractivity contribution >= 4 is 18.3 Å². The van der Waals surface area contributed by atoms with Crippen LogP contribution < -0.4 is 15.4 Å². The fraction of sp³-hybridized carbons (Fsp3) is 0.500. The molecule has 22 heavy (non-hydrogen) atoms. The molecular formula is C14H19ClF2N2O3. The number of benzene rings is 1. The van der Waals surface area contributed by atoms with E-state index in [0.717, 1.165) is 0 Å². The largest absolute Gasteiger partial charge is 0.435 e. The molecule has 1 aliphatic heterocycles. The number of rotatable bonds is 5. The molecule has 2 N–H and O–H groups in total. The van der Waals surface area contributed by atoms with Crippen molar-refractivity contribution in [2.45, 2.75) is 32.2 Å². The van der Waals surface area contributed by atoms with Gasteiger partial charge in [0.15, 0.2) is 0 Å². The molecular weight excluding hydrogens is 318 g/mol. The topological polar surface area (TPSA) is 59.6 Å². The fourth-order valence-electron chi connectivity index (χ4n) is 2.16. The molecule has 0 aliphatic carbocycles. The Morgan fingerprint density at radius 2 is 2.32 bits per heavy atom. The summed E-state index contributed by atoms with van der Waals surface area (Å²) in [6.07, 6.45) is -0.202. The molecule has 2 atom stereocenters. The maximum atomic E-state index is 12.1. The van der Waals surface area contributed by atoms with Gasteiger partial charge in [-0.3, -0.25) is 4.79 Å². The predicted molar refractivity (Wildman–Crippen MR) is 79.4 cm³/mol. The van der Waals surface area contributed by atoms with Crippen molar-refractivity contribution in [2.75, 3.05) is 13.2 Å². The van der Waals surface area contributed by atoms with Crippen molar-refractivity contribution in [1.29, 1.82) is 0 Å². The molecule has 0 radical (unpaired) electrons. The zero-order valence-corrected chi connectivity index (χ0v) is 12.9. The van der Waals surface area contributed by atoms with Crippen molar-refractivity contribution < 1.29 is 23.0 Å². The second-order valence-electron chi connectivity index (χ2n) is 4.75. The normalized spacial score (nSPS) is 21.1. The predicted octanol–water partition coefficient (Wildman–Crippen LogP) is 1.70. The summed E-state index contributed by atoms with van der Waals surface area (Å²) in [5, 5.41) is 5.84. The first-order valence-corrected chi connectivity index (χ1v) is 6.72. The molecule has 8 heteroatoms. The standard InChI is InChI=1S/C14H18F2N2O3.ClH/c1-9-12(17-5-6-20-9)13(19)18-8-10-3-2-4-11(7-10)21-14(15)16;/h2-4,7,9,12,14,17H,5-6,8H2,1H3,(H,18,19);1H/t9-,12+;/m1./s1. The van der Waals surface area contributed by atoms with Crippen LogP contribution in [0.3, 0.4) is 0 Å². The summed E-state index contributed by atoms with van der Waals surface area (Å²) < 4.78 is 34.0. The summed E-state index contributed by atoms with van der Waals surface area (Å²) in [6, 6.07) is 5.84. The molecule has 0 spiro atoms. The van der Waals surface area contributed by atoms with Gasteiger partial charge in [-0.15, -0.1) is 12.4 Å². The van der Waals surface area contributed by atoms with E-state index in [-0.39, 0.29) is 36.7 Å². The number of hydrogen-bond acceptors (Lipinski definition) is 4. The Hall–Kier alpha value is -1.44. The molecule has 124 valence electrons. The Balaban J connectivity index is 0.00000242. The lowest BCUT2D eigenvalue weighted by molar-refractivity contribution is -0.129. The fourth-order valence-corrected chi connectivity index (χ4v) is 2.16. The zero-order valence-electron chi connectivity index (χ0n) is 12.1. The Bertz CT molecular complexity index is 491. The van der Waals surface area contributed by atoms with Crippen LogP contribution >= 0.6 is 12.4 Å². The number of amides is 1. The number of nitrogens with one attached hydrogen (secondary N) is 2. The van der Waals surface area contributed by atoms with Gasteiger partial charge in [-0.1, -0.05) is 12.1 Å². The number of ether oxygens (including phenoxy) is 2. The second kappa shape index (κ2) is 8.87. The molecule has 1 aromatic rings. The molecule has 0 aromatic heterocycles. The van der Waals surface area contributed by atoms with Crippen LogP contribution in [0.25, 0.3) is 0 Å². The lowest BCUT2D eigenvalue weighted by atomic mass is 10.1. The molecule has 1 saturated heterocycles. The minimum atomic E-state index is -2.86. The highest BCUT2D eigenvalue weighted by molar-refractivity contribution is 5.85. The van der Waals surface area contributed by atoms with Crippen LogP contribution in [-0.4, -0.2) is 37.8 Å². The van der Waals surface area contributed by atoms with Crippen molar-refractivity contribution in [2.24, 2.45) is 0 Å². The molecule has 1 heterocycles. The third-order valence-electron chi connectivity index (χ3n) is 3.19. The lowest BCUT2D eigenvalue weighted by Crippen LogP contribution is -2.55. The van der Waals surface area contributed by atoms with E-state index < -0.39 is 12.7 Å². The Morgan fingerprint density at radius 3 is 3.00 bits per heavy atom. The third kappa shape index (κ3) is 5.40. The van der Waals surface area contributed by atoms with E-state index in [2.05, 4.69) is 15.4 Å². The minimum Gasteiger partial charge on any atom is -0.435 e. The van der Waals surface area contributed by atoms with E-state index in [1.807, 2.05) is 6.92 Å². The van der Waals surface area contributed by atoms with Gasteiger partial charge >= 0.3 is 6.61 Å². The highest BCUT2D eigenvalue weighted by atomic mass is 35.5. The van der Waals surface area contributed by atoms with Gasteiger partial charge in [0.25, 0.3) is 0 Å². The van der Waals surface area contributed by atoms with Gasteiger partial charge in [-0.25, -0.2) is 0 Å². The van der Waals surface area contributed by atoms with Crippen molar-refractivity contribution in [3.05, 3.63) is 29.8 Å². The summed E-state index contributed by atoms with van der Waals surface area (Å²) in [5.41, 5.74) is 0.686. The second-order valence-corrected chi connectivity index (χ2v) is 4.75. The molecule has 0 saturated carbocycles. The van der Waals surface area contributed by atoms with Crippen LogP contribution in [0.1, 0.15) is 12.5 Å². The SMILES string of the molecule is C[C@H]1OCCN[C@@H]1C(=O)NCc1cccc(OC(F)F)c1.Cl. The molecule has 5 nitrogen and oxygen atoms in total.